The molecule has 1 fully saturated rings. The predicted octanol–water partition coefficient (Wildman–Crippen LogP) is 6.32. The quantitative estimate of drug-likeness (QED) is 0.333. The minimum atomic E-state index is -0.0750. The molecule has 0 amide bonds. The highest BCUT2D eigenvalue weighted by atomic mass is 35.5. The van der Waals surface area contributed by atoms with E-state index in [1.54, 1.807) is 0 Å². The molecule has 2 aromatic heterocycles. The highest BCUT2D eigenvalue weighted by Gasteiger charge is 2.25. The first kappa shape index (κ1) is 23.2. The van der Waals surface area contributed by atoms with Crippen LogP contribution in [-0.2, 0) is 12.0 Å². The average molecular weight is 494 g/mol. The zero-order chi connectivity index (χ0) is 23.9. The van der Waals surface area contributed by atoms with Gasteiger partial charge in [0.05, 0.1) is 11.9 Å². The van der Waals surface area contributed by atoms with Crippen molar-refractivity contribution in [2.24, 2.45) is 0 Å². The van der Waals surface area contributed by atoms with Gasteiger partial charge in [0.1, 0.15) is 5.82 Å². The average Bonchev–Trinajstić information content (AvgIpc) is 3.25. The molecule has 2 aromatic carbocycles. The number of rotatable bonds is 4. The molecule has 0 unspecified atom stereocenters. The van der Waals surface area contributed by atoms with Crippen molar-refractivity contribution in [3.8, 4) is 11.1 Å². The lowest BCUT2D eigenvalue weighted by atomic mass is 9.91. The summed E-state index contributed by atoms with van der Waals surface area (Å²) in [4.78, 5) is 9.98. The van der Waals surface area contributed by atoms with Crippen molar-refractivity contribution in [3.05, 3.63) is 82.1 Å². The first-order valence-corrected chi connectivity index (χ1v) is 12.4. The van der Waals surface area contributed by atoms with Gasteiger partial charge in [0, 0.05) is 59.8 Å². The van der Waals surface area contributed by atoms with Gasteiger partial charge in [-0.2, -0.15) is 9.61 Å². The highest BCUT2D eigenvalue weighted by molar-refractivity contribution is 6.30. The topological polar surface area (TPSA) is 36.7 Å². The van der Waals surface area contributed by atoms with Gasteiger partial charge in [0.25, 0.3) is 0 Å². The largest absolute Gasteiger partial charge is 0.354 e. The number of hydrogen-bond acceptors (Lipinski definition) is 4. The monoisotopic (exact) mass is 493 g/mol. The summed E-state index contributed by atoms with van der Waals surface area (Å²) in [5, 5.41) is 6.27. The first-order valence-electron chi connectivity index (χ1n) is 11.6. The summed E-state index contributed by atoms with van der Waals surface area (Å²) in [5.74, 6) is 1.10. The molecule has 1 saturated heterocycles. The van der Waals surface area contributed by atoms with E-state index in [0.29, 0.717) is 0 Å². The number of halogens is 2. The molecule has 0 atom stereocenters. The lowest BCUT2D eigenvalue weighted by Gasteiger charge is -2.36. The van der Waals surface area contributed by atoms with Crippen molar-refractivity contribution in [2.75, 3.05) is 31.1 Å². The SMILES string of the molecule is CC(C)(C)c1cc(N2CCN(Cc3ccc(Cl)cc3)CC2)n2ncc(-c3ccc(Cl)cc3)c2n1. The summed E-state index contributed by atoms with van der Waals surface area (Å²) in [6, 6.07) is 18.2. The van der Waals surface area contributed by atoms with E-state index < -0.39 is 0 Å². The number of aromatic nitrogens is 3. The Morgan fingerprint density at radius 3 is 2.09 bits per heavy atom. The molecule has 3 heterocycles. The summed E-state index contributed by atoms with van der Waals surface area (Å²) in [6.45, 7) is 11.4. The van der Waals surface area contributed by atoms with Crippen molar-refractivity contribution < 1.29 is 0 Å². The molecule has 1 aliphatic rings. The fraction of sp³-hybridized carbons (Fsp3) is 0.333. The van der Waals surface area contributed by atoms with Crippen LogP contribution in [-0.4, -0.2) is 45.7 Å². The second-order valence-electron chi connectivity index (χ2n) is 9.94. The third-order valence-electron chi connectivity index (χ3n) is 6.39. The van der Waals surface area contributed by atoms with E-state index in [1.165, 1.54) is 5.56 Å². The standard InChI is InChI=1S/C27H29Cl2N5/c1-27(2,3)24-16-25(33-14-12-32(13-15-33)18-19-4-8-21(28)9-5-19)34-26(31-24)23(17-30-34)20-6-10-22(29)11-7-20/h4-11,16-17H,12-15,18H2,1-3H3. The number of hydrogen-bond donors (Lipinski definition) is 0. The van der Waals surface area contributed by atoms with Crippen molar-refractivity contribution in [3.63, 3.8) is 0 Å². The first-order chi connectivity index (χ1) is 16.3. The van der Waals surface area contributed by atoms with Gasteiger partial charge in [0.2, 0.25) is 0 Å². The molecular formula is C27H29Cl2N5. The molecule has 0 N–H and O–H groups in total. The van der Waals surface area contributed by atoms with Crippen LogP contribution in [0.1, 0.15) is 32.0 Å². The molecule has 0 radical (unpaired) electrons. The maximum Gasteiger partial charge on any atom is 0.165 e. The Labute approximate surface area is 210 Å². The Balaban J connectivity index is 1.44. The molecule has 0 aliphatic carbocycles. The van der Waals surface area contributed by atoms with Crippen molar-refractivity contribution in [1.82, 2.24) is 19.5 Å². The van der Waals surface area contributed by atoms with Gasteiger partial charge in [-0.05, 0) is 35.4 Å². The summed E-state index contributed by atoms with van der Waals surface area (Å²) >= 11 is 12.2. The molecule has 176 valence electrons. The van der Waals surface area contributed by atoms with Crippen LogP contribution in [0.25, 0.3) is 16.8 Å². The molecule has 0 saturated carbocycles. The van der Waals surface area contributed by atoms with Gasteiger partial charge in [0.15, 0.2) is 5.65 Å². The van der Waals surface area contributed by atoms with E-state index in [2.05, 4.69) is 48.8 Å². The summed E-state index contributed by atoms with van der Waals surface area (Å²) in [5.41, 5.74) is 5.25. The second kappa shape index (κ2) is 9.21. The molecule has 5 rings (SSSR count). The van der Waals surface area contributed by atoms with Gasteiger partial charge in [-0.25, -0.2) is 4.98 Å². The van der Waals surface area contributed by atoms with Crippen LogP contribution in [0, 0.1) is 0 Å². The lowest BCUT2D eigenvalue weighted by Crippen LogP contribution is -2.46. The molecule has 0 spiro atoms. The van der Waals surface area contributed by atoms with Crippen molar-refractivity contribution in [1.29, 1.82) is 0 Å². The zero-order valence-corrected chi connectivity index (χ0v) is 21.3. The Morgan fingerprint density at radius 1 is 0.853 bits per heavy atom. The molecule has 4 aromatic rings. The van der Waals surface area contributed by atoms with Crippen molar-refractivity contribution >= 4 is 34.7 Å². The fourth-order valence-electron chi connectivity index (χ4n) is 4.37. The summed E-state index contributed by atoms with van der Waals surface area (Å²) in [6.07, 6.45) is 1.91. The number of piperazine rings is 1. The predicted molar refractivity (Wildman–Crippen MR) is 141 cm³/mol. The molecule has 1 aliphatic heterocycles. The van der Waals surface area contributed by atoms with Crippen LogP contribution in [0.5, 0.6) is 0 Å². The number of benzene rings is 2. The fourth-order valence-corrected chi connectivity index (χ4v) is 4.62. The number of fused-ring (bicyclic) bond motifs is 1. The van der Waals surface area contributed by atoms with Crippen LogP contribution < -0.4 is 4.90 Å². The normalized spacial score (nSPS) is 15.3. The minimum absolute atomic E-state index is 0.0750. The number of nitrogens with zero attached hydrogens (tertiary/aromatic N) is 5. The Morgan fingerprint density at radius 2 is 1.47 bits per heavy atom. The van der Waals surface area contributed by atoms with Gasteiger partial charge >= 0.3 is 0 Å². The molecule has 0 bridgehead atoms. The summed E-state index contributed by atoms with van der Waals surface area (Å²) in [7, 11) is 0. The third kappa shape index (κ3) is 4.78. The smallest absolute Gasteiger partial charge is 0.165 e. The van der Waals surface area contributed by atoms with Crippen LogP contribution in [0.2, 0.25) is 10.0 Å². The molecule has 5 nitrogen and oxygen atoms in total. The van der Waals surface area contributed by atoms with Crippen LogP contribution >= 0.6 is 23.2 Å². The van der Waals surface area contributed by atoms with Gasteiger partial charge in [-0.15, -0.1) is 0 Å². The van der Waals surface area contributed by atoms with Crippen molar-refractivity contribution in [2.45, 2.75) is 32.7 Å². The van der Waals surface area contributed by atoms with Crippen LogP contribution in [0.15, 0.2) is 60.8 Å². The van der Waals surface area contributed by atoms with Gasteiger partial charge in [-0.1, -0.05) is 68.2 Å². The van der Waals surface area contributed by atoms with E-state index >= 15 is 0 Å². The van der Waals surface area contributed by atoms with Gasteiger partial charge < -0.3 is 4.90 Å². The zero-order valence-electron chi connectivity index (χ0n) is 19.8. The Kier molecular flexibility index (Phi) is 6.28. The minimum Gasteiger partial charge on any atom is -0.354 e. The second-order valence-corrected chi connectivity index (χ2v) is 10.8. The van der Waals surface area contributed by atoms with E-state index in [0.717, 1.165) is 71.1 Å². The molecule has 7 heteroatoms. The highest BCUT2D eigenvalue weighted by Crippen LogP contribution is 2.32. The molecule has 34 heavy (non-hydrogen) atoms. The van der Waals surface area contributed by atoms with E-state index in [4.69, 9.17) is 33.3 Å². The Bertz CT molecular complexity index is 1280. The third-order valence-corrected chi connectivity index (χ3v) is 6.90. The van der Waals surface area contributed by atoms with Gasteiger partial charge in [-0.3, -0.25) is 4.90 Å². The maximum atomic E-state index is 6.12. The molecular weight excluding hydrogens is 465 g/mol. The van der Waals surface area contributed by atoms with E-state index in [-0.39, 0.29) is 5.41 Å². The van der Waals surface area contributed by atoms with E-state index in [1.807, 2.05) is 47.1 Å². The van der Waals surface area contributed by atoms with Crippen LogP contribution in [0.3, 0.4) is 0 Å². The maximum absolute atomic E-state index is 6.12. The van der Waals surface area contributed by atoms with E-state index in [9.17, 15) is 0 Å². The Hall–Kier alpha value is -2.60. The number of anilines is 1. The summed E-state index contributed by atoms with van der Waals surface area (Å²) < 4.78 is 1.99. The van der Waals surface area contributed by atoms with Crippen LogP contribution in [0.4, 0.5) is 5.82 Å². The lowest BCUT2D eigenvalue weighted by molar-refractivity contribution is 0.249.